The van der Waals surface area contributed by atoms with E-state index in [1.54, 1.807) is 6.07 Å². The molecule has 0 saturated carbocycles. The molecule has 0 atom stereocenters. The van der Waals surface area contributed by atoms with Gasteiger partial charge in [-0.15, -0.1) is 0 Å². The number of benzene rings is 2. The van der Waals surface area contributed by atoms with Crippen LogP contribution in [0.3, 0.4) is 0 Å². The molecule has 1 N–H and O–H groups in total. The highest BCUT2D eigenvalue weighted by atomic mass is 35.5. The van der Waals surface area contributed by atoms with E-state index in [-0.39, 0.29) is 5.82 Å². The average Bonchev–Trinajstić information content (AvgIpc) is 2.37. The fourth-order valence-electron chi connectivity index (χ4n) is 1.95. The zero-order valence-corrected chi connectivity index (χ0v) is 11.8. The van der Waals surface area contributed by atoms with Crippen LogP contribution in [0.4, 0.5) is 4.39 Å². The minimum absolute atomic E-state index is 0.247. The number of rotatable bonds is 4. The molecular weight excluding hydrogens is 261 g/mol. The second-order valence-corrected chi connectivity index (χ2v) is 5.22. The lowest BCUT2D eigenvalue weighted by atomic mass is 9.99. The molecule has 2 aromatic rings. The zero-order valence-electron chi connectivity index (χ0n) is 11.1. The third kappa shape index (κ3) is 3.55. The molecule has 0 unspecified atom stereocenters. The smallest absolute Gasteiger partial charge is 0.123 e. The van der Waals surface area contributed by atoms with Crippen molar-refractivity contribution in [2.75, 3.05) is 0 Å². The Hall–Kier alpha value is -1.38. The minimum atomic E-state index is -0.247. The van der Waals surface area contributed by atoms with Crippen molar-refractivity contribution < 1.29 is 4.39 Å². The Balaban J connectivity index is 2.43. The molecule has 0 heterocycles. The third-order valence-corrected chi connectivity index (χ3v) is 3.27. The average molecular weight is 278 g/mol. The SMILES string of the molecule is CC(C)NCc1ccc(F)cc1-c1ccccc1Cl. The van der Waals surface area contributed by atoms with Gasteiger partial charge in [0.15, 0.2) is 0 Å². The Morgan fingerprint density at radius 3 is 2.53 bits per heavy atom. The summed E-state index contributed by atoms with van der Waals surface area (Å²) in [5.74, 6) is -0.247. The van der Waals surface area contributed by atoms with Gasteiger partial charge in [-0.05, 0) is 29.3 Å². The summed E-state index contributed by atoms with van der Waals surface area (Å²) in [5, 5.41) is 3.98. The molecule has 0 saturated heterocycles. The van der Waals surface area contributed by atoms with Crippen molar-refractivity contribution in [3.63, 3.8) is 0 Å². The predicted octanol–water partition coefficient (Wildman–Crippen LogP) is 4.64. The van der Waals surface area contributed by atoms with Crippen LogP contribution in [0, 0.1) is 5.82 Å². The molecule has 2 aromatic carbocycles. The Kier molecular flexibility index (Phi) is 4.56. The first-order valence-corrected chi connectivity index (χ1v) is 6.72. The van der Waals surface area contributed by atoms with Crippen molar-refractivity contribution in [2.45, 2.75) is 26.4 Å². The first kappa shape index (κ1) is 14.0. The van der Waals surface area contributed by atoms with Crippen molar-refractivity contribution in [3.05, 3.63) is 58.9 Å². The maximum atomic E-state index is 13.5. The van der Waals surface area contributed by atoms with Gasteiger partial charge in [-0.3, -0.25) is 0 Å². The van der Waals surface area contributed by atoms with Gasteiger partial charge in [-0.2, -0.15) is 0 Å². The molecule has 0 aromatic heterocycles. The third-order valence-electron chi connectivity index (χ3n) is 2.94. The quantitative estimate of drug-likeness (QED) is 0.858. The molecule has 0 aliphatic heterocycles. The molecule has 100 valence electrons. The molecule has 0 radical (unpaired) electrons. The summed E-state index contributed by atoms with van der Waals surface area (Å²) in [6.07, 6.45) is 0. The lowest BCUT2D eigenvalue weighted by molar-refractivity contribution is 0.587. The summed E-state index contributed by atoms with van der Waals surface area (Å²) in [6, 6.07) is 12.7. The summed E-state index contributed by atoms with van der Waals surface area (Å²) >= 11 is 6.20. The molecule has 0 fully saturated rings. The second-order valence-electron chi connectivity index (χ2n) is 4.82. The highest BCUT2D eigenvalue weighted by molar-refractivity contribution is 6.33. The Morgan fingerprint density at radius 2 is 1.84 bits per heavy atom. The summed E-state index contributed by atoms with van der Waals surface area (Å²) < 4.78 is 13.5. The fraction of sp³-hybridized carbons (Fsp3) is 0.250. The van der Waals surface area contributed by atoms with Gasteiger partial charge < -0.3 is 5.32 Å². The van der Waals surface area contributed by atoms with Crippen LogP contribution in [0.1, 0.15) is 19.4 Å². The molecule has 0 bridgehead atoms. The number of halogens is 2. The first-order chi connectivity index (χ1) is 9.08. The van der Waals surface area contributed by atoms with Crippen molar-refractivity contribution in [1.82, 2.24) is 5.32 Å². The van der Waals surface area contributed by atoms with E-state index in [4.69, 9.17) is 11.6 Å². The van der Waals surface area contributed by atoms with Gasteiger partial charge in [0, 0.05) is 23.2 Å². The van der Waals surface area contributed by atoms with Crippen LogP contribution in [0.15, 0.2) is 42.5 Å². The van der Waals surface area contributed by atoms with Gasteiger partial charge in [0.2, 0.25) is 0 Å². The molecule has 0 amide bonds. The van der Waals surface area contributed by atoms with E-state index in [2.05, 4.69) is 19.2 Å². The zero-order chi connectivity index (χ0) is 13.8. The standard InChI is InChI=1S/C16H17ClFN/c1-11(2)19-10-12-7-8-13(18)9-15(12)14-5-3-4-6-16(14)17/h3-9,11,19H,10H2,1-2H3. The van der Waals surface area contributed by atoms with E-state index in [1.165, 1.54) is 6.07 Å². The summed E-state index contributed by atoms with van der Waals surface area (Å²) in [4.78, 5) is 0. The van der Waals surface area contributed by atoms with Crippen molar-refractivity contribution >= 4 is 11.6 Å². The molecule has 0 aliphatic carbocycles. The van der Waals surface area contributed by atoms with Crippen LogP contribution in [0.2, 0.25) is 5.02 Å². The Bertz CT molecular complexity index is 566. The van der Waals surface area contributed by atoms with Crippen LogP contribution >= 0.6 is 11.6 Å². The van der Waals surface area contributed by atoms with Crippen molar-refractivity contribution in [1.29, 1.82) is 0 Å². The molecule has 3 heteroatoms. The van der Waals surface area contributed by atoms with E-state index < -0.39 is 0 Å². The largest absolute Gasteiger partial charge is 0.310 e. The van der Waals surface area contributed by atoms with Crippen molar-refractivity contribution in [3.8, 4) is 11.1 Å². The van der Waals surface area contributed by atoms with Crippen LogP contribution in [-0.4, -0.2) is 6.04 Å². The summed E-state index contributed by atoms with van der Waals surface area (Å²) in [6.45, 7) is 4.86. The number of hydrogen-bond acceptors (Lipinski definition) is 1. The first-order valence-electron chi connectivity index (χ1n) is 6.34. The second kappa shape index (κ2) is 6.18. The van der Waals surface area contributed by atoms with E-state index in [0.717, 1.165) is 16.7 Å². The van der Waals surface area contributed by atoms with E-state index in [9.17, 15) is 4.39 Å². The Morgan fingerprint density at radius 1 is 1.11 bits per heavy atom. The minimum Gasteiger partial charge on any atom is -0.310 e. The van der Waals surface area contributed by atoms with Gasteiger partial charge in [0.25, 0.3) is 0 Å². The lowest BCUT2D eigenvalue weighted by Gasteiger charge is -2.14. The van der Waals surface area contributed by atoms with Gasteiger partial charge in [0.1, 0.15) is 5.82 Å². The highest BCUT2D eigenvalue weighted by Crippen LogP contribution is 2.31. The monoisotopic (exact) mass is 277 g/mol. The van der Waals surface area contributed by atoms with Crippen LogP contribution in [0.5, 0.6) is 0 Å². The van der Waals surface area contributed by atoms with E-state index in [0.29, 0.717) is 17.6 Å². The summed E-state index contributed by atoms with van der Waals surface area (Å²) in [7, 11) is 0. The number of hydrogen-bond donors (Lipinski definition) is 1. The van der Waals surface area contributed by atoms with Gasteiger partial charge in [0.05, 0.1) is 0 Å². The van der Waals surface area contributed by atoms with E-state index >= 15 is 0 Å². The Labute approximate surface area is 118 Å². The molecule has 2 rings (SSSR count). The van der Waals surface area contributed by atoms with Crippen LogP contribution in [-0.2, 0) is 6.54 Å². The number of nitrogens with one attached hydrogen (secondary N) is 1. The predicted molar refractivity (Wildman–Crippen MR) is 78.8 cm³/mol. The lowest BCUT2D eigenvalue weighted by Crippen LogP contribution is -2.22. The molecule has 0 spiro atoms. The van der Waals surface area contributed by atoms with E-state index in [1.807, 2.05) is 30.3 Å². The van der Waals surface area contributed by atoms with Gasteiger partial charge in [-0.1, -0.05) is 49.7 Å². The fourth-order valence-corrected chi connectivity index (χ4v) is 2.18. The van der Waals surface area contributed by atoms with Crippen LogP contribution in [0.25, 0.3) is 11.1 Å². The molecule has 0 aliphatic rings. The van der Waals surface area contributed by atoms with Crippen LogP contribution < -0.4 is 5.32 Å². The van der Waals surface area contributed by atoms with Gasteiger partial charge >= 0.3 is 0 Å². The molecular formula is C16H17ClFN. The maximum Gasteiger partial charge on any atom is 0.123 e. The molecule has 1 nitrogen and oxygen atoms in total. The maximum absolute atomic E-state index is 13.5. The van der Waals surface area contributed by atoms with Gasteiger partial charge in [-0.25, -0.2) is 4.39 Å². The summed E-state index contributed by atoms with van der Waals surface area (Å²) in [5.41, 5.74) is 2.76. The van der Waals surface area contributed by atoms with Crippen molar-refractivity contribution in [2.24, 2.45) is 0 Å². The molecule has 19 heavy (non-hydrogen) atoms. The normalized spacial score (nSPS) is 11.0. The highest BCUT2D eigenvalue weighted by Gasteiger charge is 2.10. The topological polar surface area (TPSA) is 12.0 Å².